The molecular weight excluding hydrogens is 250 g/mol. The van der Waals surface area contributed by atoms with Gasteiger partial charge in [-0.3, -0.25) is 0 Å². The smallest absolute Gasteiger partial charge is 0.394 e. The van der Waals surface area contributed by atoms with Crippen LogP contribution in [0.25, 0.3) is 11.1 Å². The van der Waals surface area contributed by atoms with E-state index in [0.29, 0.717) is 11.1 Å². The Morgan fingerprint density at radius 1 is 1.57 bits per heavy atom. The van der Waals surface area contributed by atoms with Gasteiger partial charge >= 0.3 is 11.9 Å². The summed E-state index contributed by atoms with van der Waals surface area (Å²) >= 11 is 3.30. The third kappa shape index (κ3) is 1.39. The molecule has 72 valence electrons. The number of aromatic nitrogens is 1. The number of carbonyl (C=O) groups excluding carboxylic acids is 1. The Morgan fingerprint density at radius 2 is 2.36 bits per heavy atom. The average molecular weight is 256 g/mol. The fraction of sp³-hybridized carbons (Fsp3) is 0.111. The number of esters is 1. The molecule has 0 bridgehead atoms. The minimum Gasteiger partial charge on any atom is -0.462 e. The molecule has 0 spiro atoms. The Bertz CT molecular complexity index is 492. The summed E-state index contributed by atoms with van der Waals surface area (Å²) in [5.41, 5.74) is 1.17. The van der Waals surface area contributed by atoms with Crippen LogP contribution in [0.1, 0.15) is 10.7 Å². The highest BCUT2D eigenvalue weighted by Gasteiger charge is 2.15. The SMILES string of the molecule is COC(=O)c1nc2cccc(Br)c2o1. The normalized spacial score (nSPS) is 10.4. The Hall–Kier alpha value is -1.36. The number of benzene rings is 1. The first-order valence-corrected chi connectivity index (χ1v) is 4.65. The number of oxazole rings is 1. The summed E-state index contributed by atoms with van der Waals surface area (Å²) in [4.78, 5) is 15.1. The lowest BCUT2D eigenvalue weighted by atomic mass is 10.3. The van der Waals surface area contributed by atoms with Crippen LogP contribution in [-0.4, -0.2) is 18.1 Å². The Morgan fingerprint density at radius 3 is 3.00 bits per heavy atom. The predicted molar refractivity (Wildman–Crippen MR) is 53.0 cm³/mol. The summed E-state index contributed by atoms with van der Waals surface area (Å²) in [6.45, 7) is 0. The predicted octanol–water partition coefficient (Wildman–Crippen LogP) is 2.38. The van der Waals surface area contributed by atoms with Gasteiger partial charge in [0.2, 0.25) is 0 Å². The third-order valence-corrected chi connectivity index (χ3v) is 2.35. The van der Waals surface area contributed by atoms with Gasteiger partial charge in [-0.05, 0) is 28.1 Å². The summed E-state index contributed by atoms with van der Waals surface area (Å²) < 4.78 is 10.5. The fourth-order valence-corrected chi connectivity index (χ4v) is 1.53. The molecule has 0 N–H and O–H groups in total. The van der Waals surface area contributed by atoms with E-state index in [4.69, 9.17) is 4.42 Å². The molecular formula is C9H6BrNO3. The summed E-state index contributed by atoms with van der Waals surface area (Å²) in [7, 11) is 1.28. The van der Waals surface area contributed by atoms with Crippen LogP contribution in [0.2, 0.25) is 0 Å². The summed E-state index contributed by atoms with van der Waals surface area (Å²) in [6, 6.07) is 5.39. The highest BCUT2D eigenvalue weighted by atomic mass is 79.9. The van der Waals surface area contributed by atoms with Gasteiger partial charge in [-0.1, -0.05) is 6.07 Å². The number of hydrogen-bond acceptors (Lipinski definition) is 4. The lowest BCUT2D eigenvalue weighted by molar-refractivity contribution is 0.0558. The molecule has 0 amide bonds. The van der Waals surface area contributed by atoms with Gasteiger partial charge in [0.25, 0.3) is 0 Å². The highest BCUT2D eigenvalue weighted by molar-refractivity contribution is 9.10. The van der Waals surface area contributed by atoms with Crippen LogP contribution in [0.4, 0.5) is 0 Å². The lowest BCUT2D eigenvalue weighted by Gasteiger charge is -1.89. The molecule has 0 aliphatic rings. The second-order valence-electron chi connectivity index (χ2n) is 2.60. The molecule has 0 unspecified atom stereocenters. The maximum Gasteiger partial charge on any atom is 0.394 e. The summed E-state index contributed by atoms with van der Waals surface area (Å²) in [5, 5.41) is 0. The van der Waals surface area contributed by atoms with Crippen molar-refractivity contribution in [3.8, 4) is 0 Å². The van der Waals surface area contributed by atoms with Crippen molar-refractivity contribution in [2.45, 2.75) is 0 Å². The first kappa shape index (κ1) is 9.21. The van der Waals surface area contributed by atoms with E-state index in [1.807, 2.05) is 12.1 Å². The quantitative estimate of drug-likeness (QED) is 0.735. The van der Waals surface area contributed by atoms with E-state index in [1.165, 1.54) is 7.11 Å². The molecule has 1 aromatic heterocycles. The van der Waals surface area contributed by atoms with Gasteiger partial charge < -0.3 is 9.15 Å². The zero-order valence-electron chi connectivity index (χ0n) is 7.28. The van der Waals surface area contributed by atoms with Crippen molar-refractivity contribution in [3.63, 3.8) is 0 Å². The average Bonchev–Trinajstić information content (AvgIpc) is 2.62. The maximum absolute atomic E-state index is 11.1. The van der Waals surface area contributed by atoms with Crippen molar-refractivity contribution < 1.29 is 13.9 Å². The number of rotatable bonds is 1. The first-order chi connectivity index (χ1) is 6.72. The number of nitrogens with zero attached hydrogens (tertiary/aromatic N) is 1. The number of hydrogen-bond donors (Lipinski definition) is 0. The number of methoxy groups -OCH3 is 1. The zero-order valence-corrected chi connectivity index (χ0v) is 8.87. The van der Waals surface area contributed by atoms with Gasteiger partial charge in [-0.15, -0.1) is 0 Å². The Kier molecular flexibility index (Phi) is 2.25. The van der Waals surface area contributed by atoms with Crippen LogP contribution in [-0.2, 0) is 4.74 Å². The van der Waals surface area contributed by atoms with Crippen molar-refractivity contribution in [2.75, 3.05) is 7.11 Å². The minimum absolute atomic E-state index is 0.0330. The van der Waals surface area contributed by atoms with Gasteiger partial charge in [0.1, 0.15) is 5.52 Å². The van der Waals surface area contributed by atoms with Crippen LogP contribution < -0.4 is 0 Å². The topological polar surface area (TPSA) is 52.3 Å². The molecule has 0 fully saturated rings. The maximum atomic E-state index is 11.1. The van der Waals surface area contributed by atoms with Crippen molar-refractivity contribution in [1.82, 2.24) is 4.98 Å². The summed E-state index contributed by atoms with van der Waals surface area (Å²) in [6.07, 6.45) is 0. The van der Waals surface area contributed by atoms with E-state index in [-0.39, 0.29) is 5.89 Å². The van der Waals surface area contributed by atoms with Crippen LogP contribution in [0.5, 0.6) is 0 Å². The second kappa shape index (κ2) is 3.42. The van der Waals surface area contributed by atoms with E-state index in [1.54, 1.807) is 6.07 Å². The minimum atomic E-state index is -0.576. The molecule has 4 nitrogen and oxygen atoms in total. The largest absolute Gasteiger partial charge is 0.462 e. The zero-order chi connectivity index (χ0) is 10.1. The van der Waals surface area contributed by atoms with E-state index in [0.717, 1.165) is 4.47 Å². The Balaban J connectivity index is 2.62. The monoisotopic (exact) mass is 255 g/mol. The van der Waals surface area contributed by atoms with Crippen LogP contribution in [0.3, 0.4) is 0 Å². The highest BCUT2D eigenvalue weighted by Crippen LogP contribution is 2.24. The standard InChI is InChI=1S/C9H6BrNO3/c1-13-9(12)8-11-6-4-2-3-5(10)7(6)14-8/h2-4H,1H3. The van der Waals surface area contributed by atoms with Crippen molar-refractivity contribution in [2.24, 2.45) is 0 Å². The molecule has 1 heterocycles. The molecule has 0 aliphatic heterocycles. The molecule has 1 aromatic carbocycles. The van der Waals surface area contributed by atoms with Crippen molar-refractivity contribution in [1.29, 1.82) is 0 Å². The molecule has 0 saturated carbocycles. The number of halogens is 1. The van der Waals surface area contributed by atoms with E-state index in [9.17, 15) is 4.79 Å². The van der Waals surface area contributed by atoms with Gasteiger partial charge in [-0.25, -0.2) is 9.78 Å². The van der Waals surface area contributed by atoms with Crippen molar-refractivity contribution in [3.05, 3.63) is 28.6 Å². The molecule has 5 heteroatoms. The molecule has 0 saturated heterocycles. The number of fused-ring (bicyclic) bond motifs is 1. The lowest BCUT2D eigenvalue weighted by Crippen LogP contribution is -2.00. The number of carbonyl (C=O) groups is 1. The van der Waals surface area contributed by atoms with Gasteiger partial charge in [0.05, 0.1) is 11.6 Å². The van der Waals surface area contributed by atoms with E-state index < -0.39 is 5.97 Å². The van der Waals surface area contributed by atoms with Gasteiger partial charge in [0.15, 0.2) is 5.58 Å². The molecule has 0 atom stereocenters. The van der Waals surface area contributed by atoms with Crippen LogP contribution in [0.15, 0.2) is 27.1 Å². The molecule has 0 aliphatic carbocycles. The fourth-order valence-electron chi connectivity index (χ4n) is 1.09. The van der Waals surface area contributed by atoms with Gasteiger partial charge in [0, 0.05) is 0 Å². The summed E-state index contributed by atoms with van der Waals surface area (Å²) in [5.74, 6) is -0.609. The van der Waals surface area contributed by atoms with Gasteiger partial charge in [-0.2, -0.15) is 0 Å². The van der Waals surface area contributed by atoms with Crippen LogP contribution in [0, 0.1) is 0 Å². The van der Waals surface area contributed by atoms with Crippen LogP contribution >= 0.6 is 15.9 Å². The Labute approximate surface area is 88.0 Å². The molecule has 0 radical (unpaired) electrons. The van der Waals surface area contributed by atoms with E-state index in [2.05, 4.69) is 25.7 Å². The molecule has 2 rings (SSSR count). The third-order valence-electron chi connectivity index (χ3n) is 1.73. The molecule has 2 aromatic rings. The number of para-hydroxylation sites is 1. The first-order valence-electron chi connectivity index (χ1n) is 3.85. The number of ether oxygens (including phenoxy) is 1. The van der Waals surface area contributed by atoms with Crippen molar-refractivity contribution >= 4 is 33.0 Å². The second-order valence-corrected chi connectivity index (χ2v) is 3.45. The molecule has 14 heavy (non-hydrogen) atoms. The van der Waals surface area contributed by atoms with E-state index >= 15 is 0 Å².